The minimum absolute atomic E-state index is 0.0977. The van der Waals surface area contributed by atoms with Crippen LogP contribution < -0.4 is 20.9 Å². The van der Waals surface area contributed by atoms with Crippen LogP contribution >= 0.6 is 0 Å². The van der Waals surface area contributed by atoms with E-state index in [-0.39, 0.29) is 24.3 Å². The third-order valence-corrected chi connectivity index (χ3v) is 5.03. The monoisotopic (exact) mass is 392 g/mol. The summed E-state index contributed by atoms with van der Waals surface area (Å²) in [4.78, 5) is 38.0. The Morgan fingerprint density at radius 2 is 1.83 bits per heavy atom. The number of anilines is 3. The smallest absolute Gasteiger partial charge is 0.251 e. The summed E-state index contributed by atoms with van der Waals surface area (Å²) in [6.07, 6.45) is 3.55. The fraction of sp³-hybridized carbons (Fsp3) is 0.318. The standard InChI is InChI=1S/C22H24N4O3/c27-20(24-18-4-1-3-15(13-18)22(29)25-17-6-7-17)14-23-16-8-10-19(11-9-16)26-12-2-5-21(26)28/h1,3-4,8-11,13,17,23H,2,5-7,12,14H2,(H,24,27)(H,25,29). The zero-order valence-corrected chi connectivity index (χ0v) is 16.1. The van der Waals surface area contributed by atoms with Gasteiger partial charge in [0.25, 0.3) is 5.91 Å². The Bertz CT molecular complexity index is 922. The fourth-order valence-corrected chi connectivity index (χ4v) is 3.30. The minimum atomic E-state index is -0.205. The molecule has 1 heterocycles. The van der Waals surface area contributed by atoms with Gasteiger partial charge in [0.15, 0.2) is 0 Å². The van der Waals surface area contributed by atoms with Crippen LogP contribution in [0.1, 0.15) is 36.0 Å². The van der Waals surface area contributed by atoms with Gasteiger partial charge in [-0.1, -0.05) is 6.07 Å². The molecule has 7 heteroatoms. The Balaban J connectivity index is 1.28. The van der Waals surface area contributed by atoms with Crippen molar-refractivity contribution in [2.75, 3.05) is 28.6 Å². The molecule has 0 bridgehead atoms. The summed E-state index contributed by atoms with van der Waals surface area (Å²) in [6.45, 7) is 0.853. The average Bonchev–Trinajstić information content (AvgIpc) is 3.44. The highest BCUT2D eigenvalue weighted by Gasteiger charge is 2.24. The van der Waals surface area contributed by atoms with Crippen LogP contribution in [0.2, 0.25) is 0 Å². The van der Waals surface area contributed by atoms with Crippen molar-refractivity contribution in [1.82, 2.24) is 5.32 Å². The first-order chi connectivity index (χ1) is 14.1. The lowest BCUT2D eigenvalue weighted by Gasteiger charge is -2.16. The summed E-state index contributed by atoms with van der Waals surface area (Å²) in [7, 11) is 0. The molecule has 0 aromatic heterocycles. The van der Waals surface area contributed by atoms with Crippen molar-refractivity contribution >= 4 is 34.8 Å². The van der Waals surface area contributed by atoms with Gasteiger partial charge in [-0.2, -0.15) is 0 Å². The summed E-state index contributed by atoms with van der Waals surface area (Å²) in [5, 5.41) is 8.81. The largest absolute Gasteiger partial charge is 0.376 e. The maximum atomic E-state index is 12.2. The second-order valence-corrected chi connectivity index (χ2v) is 7.43. The topological polar surface area (TPSA) is 90.5 Å². The van der Waals surface area contributed by atoms with Gasteiger partial charge in [-0.05, 0) is 61.7 Å². The Morgan fingerprint density at radius 1 is 1.03 bits per heavy atom. The lowest BCUT2D eigenvalue weighted by molar-refractivity contribution is -0.117. The maximum Gasteiger partial charge on any atom is 0.251 e. The number of rotatable bonds is 7. The number of benzene rings is 2. The number of amides is 3. The lowest BCUT2D eigenvalue weighted by atomic mass is 10.2. The van der Waals surface area contributed by atoms with Crippen LogP contribution in [0.25, 0.3) is 0 Å². The summed E-state index contributed by atoms with van der Waals surface area (Å²) in [5.74, 6) is -0.167. The molecule has 2 aromatic rings. The molecular weight excluding hydrogens is 368 g/mol. The lowest BCUT2D eigenvalue weighted by Crippen LogP contribution is -2.26. The Labute approximate surface area is 169 Å². The Hall–Kier alpha value is -3.35. The van der Waals surface area contributed by atoms with Crippen molar-refractivity contribution in [3.05, 3.63) is 54.1 Å². The summed E-state index contributed by atoms with van der Waals surface area (Å²) in [6, 6.07) is 14.7. The number of carbonyl (C=O) groups excluding carboxylic acids is 3. The van der Waals surface area contributed by atoms with E-state index in [0.29, 0.717) is 23.7 Å². The molecule has 2 aliphatic rings. The zero-order valence-electron chi connectivity index (χ0n) is 16.1. The van der Waals surface area contributed by atoms with Crippen LogP contribution in [0.5, 0.6) is 0 Å². The molecule has 1 saturated carbocycles. The Kier molecular flexibility index (Phi) is 5.46. The van der Waals surface area contributed by atoms with Crippen molar-refractivity contribution in [1.29, 1.82) is 0 Å². The van der Waals surface area contributed by atoms with E-state index < -0.39 is 0 Å². The van der Waals surface area contributed by atoms with Crippen molar-refractivity contribution in [2.45, 2.75) is 31.7 Å². The molecule has 2 fully saturated rings. The third-order valence-electron chi connectivity index (χ3n) is 5.03. The van der Waals surface area contributed by atoms with Crippen molar-refractivity contribution in [3.63, 3.8) is 0 Å². The number of nitrogens with zero attached hydrogens (tertiary/aromatic N) is 1. The number of carbonyl (C=O) groups is 3. The van der Waals surface area contributed by atoms with Crippen LogP contribution in [-0.4, -0.2) is 36.9 Å². The van der Waals surface area contributed by atoms with Gasteiger partial charge in [0.05, 0.1) is 6.54 Å². The van der Waals surface area contributed by atoms with Gasteiger partial charge in [-0.3, -0.25) is 14.4 Å². The van der Waals surface area contributed by atoms with Crippen LogP contribution in [0, 0.1) is 0 Å². The molecule has 3 amide bonds. The number of hydrogen-bond acceptors (Lipinski definition) is 4. The van der Waals surface area contributed by atoms with E-state index in [1.807, 2.05) is 24.3 Å². The Morgan fingerprint density at radius 3 is 2.52 bits per heavy atom. The van der Waals surface area contributed by atoms with E-state index in [0.717, 1.165) is 37.2 Å². The van der Waals surface area contributed by atoms with Crippen LogP contribution in [0.4, 0.5) is 17.1 Å². The van der Waals surface area contributed by atoms with Crippen molar-refractivity contribution in [2.24, 2.45) is 0 Å². The van der Waals surface area contributed by atoms with Gasteiger partial charge in [-0.25, -0.2) is 0 Å². The van der Waals surface area contributed by atoms with Crippen LogP contribution in [0.3, 0.4) is 0 Å². The molecule has 150 valence electrons. The van der Waals surface area contributed by atoms with Crippen LogP contribution in [-0.2, 0) is 9.59 Å². The van der Waals surface area contributed by atoms with Gasteiger partial charge >= 0.3 is 0 Å². The fourth-order valence-electron chi connectivity index (χ4n) is 3.30. The van der Waals surface area contributed by atoms with E-state index in [1.54, 1.807) is 29.2 Å². The van der Waals surface area contributed by atoms with Gasteiger partial charge in [-0.15, -0.1) is 0 Å². The first-order valence-corrected chi connectivity index (χ1v) is 9.93. The predicted molar refractivity (Wildman–Crippen MR) is 112 cm³/mol. The van der Waals surface area contributed by atoms with Gasteiger partial charge in [0.2, 0.25) is 11.8 Å². The van der Waals surface area contributed by atoms with Crippen molar-refractivity contribution < 1.29 is 14.4 Å². The van der Waals surface area contributed by atoms with E-state index >= 15 is 0 Å². The highest BCUT2D eigenvalue weighted by molar-refractivity contribution is 5.98. The van der Waals surface area contributed by atoms with E-state index in [9.17, 15) is 14.4 Å². The molecule has 4 rings (SSSR count). The molecule has 2 aromatic carbocycles. The predicted octanol–water partition coefficient (Wildman–Crippen LogP) is 2.76. The molecule has 7 nitrogen and oxygen atoms in total. The van der Waals surface area contributed by atoms with Gasteiger partial charge in [0, 0.05) is 41.6 Å². The quantitative estimate of drug-likeness (QED) is 0.676. The highest BCUT2D eigenvalue weighted by atomic mass is 16.2. The molecule has 3 N–H and O–H groups in total. The normalized spacial score (nSPS) is 15.9. The molecule has 0 radical (unpaired) electrons. The molecule has 1 saturated heterocycles. The number of nitrogens with one attached hydrogen (secondary N) is 3. The van der Waals surface area contributed by atoms with E-state index in [4.69, 9.17) is 0 Å². The molecule has 1 aliphatic carbocycles. The first kappa shape index (κ1) is 19.0. The average molecular weight is 392 g/mol. The van der Waals surface area contributed by atoms with Crippen molar-refractivity contribution in [3.8, 4) is 0 Å². The van der Waals surface area contributed by atoms with Crippen LogP contribution in [0.15, 0.2) is 48.5 Å². The molecule has 0 atom stereocenters. The second-order valence-electron chi connectivity index (χ2n) is 7.43. The molecular formula is C22H24N4O3. The van der Waals surface area contributed by atoms with E-state index in [2.05, 4.69) is 16.0 Å². The summed E-state index contributed by atoms with van der Waals surface area (Å²) in [5.41, 5.74) is 2.80. The molecule has 0 unspecified atom stereocenters. The molecule has 0 spiro atoms. The second kappa shape index (κ2) is 8.34. The number of hydrogen-bond donors (Lipinski definition) is 3. The minimum Gasteiger partial charge on any atom is -0.376 e. The highest BCUT2D eigenvalue weighted by Crippen LogP contribution is 2.23. The summed E-state index contributed by atoms with van der Waals surface area (Å²) >= 11 is 0. The molecule has 1 aliphatic heterocycles. The van der Waals surface area contributed by atoms with Gasteiger partial charge < -0.3 is 20.9 Å². The first-order valence-electron chi connectivity index (χ1n) is 9.93. The molecule has 29 heavy (non-hydrogen) atoms. The van der Waals surface area contributed by atoms with Gasteiger partial charge in [0.1, 0.15) is 0 Å². The van der Waals surface area contributed by atoms with E-state index in [1.165, 1.54) is 0 Å². The zero-order chi connectivity index (χ0) is 20.2. The maximum absolute atomic E-state index is 12.2. The summed E-state index contributed by atoms with van der Waals surface area (Å²) < 4.78 is 0. The third kappa shape index (κ3) is 4.93. The SMILES string of the molecule is O=C(CNc1ccc(N2CCCC2=O)cc1)Nc1cccc(C(=O)NC2CC2)c1.